The second-order valence-corrected chi connectivity index (χ2v) is 8.24. The molecule has 1 fully saturated rings. The molecule has 1 saturated heterocycles. The minimum atomic E-state index is -4.85. The van der Waals surface area contributed by atoms with E-state index in [9.17, 15) is 31.1 Å². The van der Waals surface area contributed by atoms with Crippen LogP contribution in [0, 0.1) is 0 Å². The van der Waals surface area contributed by atoms with Crippen LogP contribution < -0.4 is 10.8 Å². The first-order valence-corrected chi connectivity index (χ1v) is 10.3. The van der Waals surface area contributed by atoms with E-state index in [1.807, 2.05) is 0 Å². The van der Waals surface area contributed by atoms with E-state index in [1.165, 1.54) is 18.3 Å². The molecular weight excluding hydrogens is 486 g/mol. The molecule has 180 valence electrons. The number of nitrogens with one attached hydrogen (secondary N) is 2. The van der Waals surface area contributed by atoms with Crippen LogP contribution in [0.5, 0.6) is 0 Å². The molecule has 1 aromatic carbocycles. The highest BCUT2D eigenvalue weighted by Gasteiger charge is 2.58. The highest BCUT2D eigenvalue weighted by Crippen LogP contribution is 2.48. The van der Waals surface area contributed by atoms with Gasteiger partial charge in [-0.25, -0.2) is 5.48 Å². The van der Waals surface area contributed by atoms with Crippen LogP contribution in [0.4, 0.5) is 26.3 Å². The molecule has 2 aliphatic rings. The van der Waals surface area contributed by atoms with E-state index in [2.05, 4.69) is 20.8 Å². The number of halogens is 6. The average molecular weight is 502 g/mol. The normalized spacial score (nSPS) is 22.9. The lowest BCUT2D eigenvalue weighted by molar-refractivity contribution is -0.184. The maximum atomic E-state index is 14.2. The van der Waals surface area contributed by atoms with E-state index >= 15 is 0 Å². The van der Waals surface area contributed by atoms with Crippen molar-refractivity contribution in [3.8, 4) is 0 Å². The number of aliphatic imine (C=N–C) groups is 1. The van der Waals surface area contributed by atoms with Gasteiger partial charge in [0.1, 0.15) is 23.1 Å². The van der Waals surface area contributed by atoms with E-state index in [0.29, 0.717) is 11.6 Å². The minimum absolute atomic E-state index is 0.0173. The van der Waals surface area contributed by atoms with Gasteiger partial charge >= 0.3 is 12.4 Å². The minimum Gasteiger partial charge on any atom is -0.362 e. The first kappa shape index (κ1) is 24.1. The van der Waals surface area contributed by atoms with Crippen molar-refractivity contribution in [3.05, 3.63) is 65.0 Å². The maximum Gasteiger partial charge on any atom is 0.416 e. The zero-order valence-electron chi connectivity index (χ0n) is 17.1. The Morgan fingerprint density at radius 1 is 1.18 bits per heavy atom. The number of hydroxylamine groups is 1. The molecule has 2 unspecified atom stereocenters. The van der Waals surface area contributed by atoms with Gasteiger partial charge in [-0.05, 0) is 23.8 Å². The Labute approximate surface area is 194 Å². The Hall–Kier alpha value is -3.06. The predicted molar refractivity (Wildman–Crippen MR) is 112 cm³/mol. The van der Waals surface area contributed by atoms with Gasteiger partial charge in [0.05, 0.1) is 23.5 Å². The molecule has 0 radical (unpaired) electrons. The number of carbonyl (C=O) groups is 1. The van der Waals surface area contributed by atoms with Crippen LogP contribution in [0.2, 0.25) is 0 Å². The summed E-state index contributed by atoms with van der Waals surface area (Å²) in [6.07, 6.45) is -8.97. The number of thiocarbonyl (C=S) groups is 1. The van der Waals surface area contributed by atoms with E-state index in [4.69, 9.17) is 17.1 Å². The Balaban J connectivity index is 1.55. The molecule has 0 aliphatic carbocycles. The van der Waals surface area contributed by atoms with Crippen LogP contribution in [0.25, 0.3) is 0 Å². The Kier molecular flexibility index (Phi) is 6.10. The lowest BCUT2D eigenvalue weighted by atomic mass is 9.76. The molecule has 2 N–H and O–H groups in total. The molecule has 2 atom stereocenters. The number of pyridine rings is 1. The van der Waals surface area contributed by atoms with Gasteiger partial charge in [0.2, 0.25) is 0 Å². The van der Waals surface area contributed by atoms with Gasteiger partial charge < -0.3 is 5.32 Å². The van der Waals surface area contributed by atoms with Crippen LogP contribution in [0.15, 0.2) is 47.6 Å². The van der Waals surface area contributed by atoms with Crippen molar-refractivity contribution in [2.24, 2.45) is 4.99 Å². The highest BCUT2D eigenvalue weighted by atomic mass is 32.1. The molecule has 1 amide bonds. The topological polar surface area (TPSA) is 75.6 Å². The quantitative estimate of drug-likeness (QED) is 0.495. The molecule has 0 bridgehead atoms. The van der Waals surface area contributed by atoms with Crippen LogP contribution in [0.3, 0.4) is 0 Å². The first-order valence-electron chi connectivity index (χ1n) is 9.87. The number of alkyl halides is 6. The van der Waals surface area contributed by atoms with Gasteiger partial charge in [-0.3, -0.25) is 19.6 Å². The van der Waals surface area contributed by atoms with Crippen LogP contribution in [-0.2, 0) is 21.2 Å². The van der Waals surface area contributed by atoms with E-state index in [-0.39, 0.29) is 23.0 Å². The van der Waals surface area contributed by atoms with Crippen LogP contribution in [-0.4, -0.2) is 47.0 Å². The second kappa shape index (κ2) is 8.62. The van der Waals surface area contributed by atoms with E-state index in [1.54, 1.807) is 0 Å². The van der Waals surface area contributed by atoms with Gasteiger partial charge in [-0.2, -0.15) is 26.3 Å². The van der Waals surface area contributed by atoms with Crippen molar-refractivity contribution in [2.45, 2.75) is 30.2 Å². The number of benzene rings is 1. The summed E-state index contributed by atoms with van der Waals surface area (Å²) in [5.41, 5.74) is -1.52. The summed E-state index contributed by atoms with van der Waals surface area (Å²) in [6, 6.07) is 5.48. The fourth-order valence-corrected chi connectivity index (χ4v) is 3.99. The molecular formula is C21H16F6N4O2S. The molecule has 4 rings (SSSR count). The fraction of sp³-hybridized carbons (Fsp3) is 0.333. The summed E-state index contributed by atoms with van der Waals surface area (Å²) < 4.78 is 81.8. The van der Waals surface area contributed by atoms with Gasteiger partial charge in [0.15, 0.2) is 0 Å². The lowest BCUT2D eigenvalue weighted by Gasteiger charge is -2.32. The molecule has 2 aliphatic heterocycles. The number of rotatable bonds is 4. The summed E-state index contributed by atoms with van der Waals surface area (Å²) in [5.74, 6) is -0.398. The molecule has 0 spiro atoms. The molecule has 2 aromatic rings. The van der Waals surface area contributed by atoms with Crippen molar-refractivity contribution in [2.75, 3.05) is 13.2 Å². The lowest BCUT2D eigenvalue weighted by Crippen LogP contribution is -2.44. The molecule has 3 heterocycles. The van der Waals surface area contributed by atoms with Gasteiger partial charge in [-0.1, -0.05) is 30.4 Å². The Morgan fingerprint density at radius 2 is 1.94 bits per heavy atom. The van der Waals surface area contributed by atoms with Crippen molar-refractivity contribution in [3.63, 3.8) is 0 Å². The van der Waals surface area contributed by atoms with E-state index in [0.717, 1.165) is 18.2 Å². The van der Waals surface area contributed by atoms with Gasteiger partial charge in [0.25, 0.3) is 5.91 Å². The average Bonchev–Trinajstić information content (AvgIpc) is 3.41. The Bertz CT molecular complexity index is 1150. The highest BCUT2D eigenvalue weighted by molar-refractivity contribution is 7.80. The van der Waals surface area contributed by atoms with Gasteiger partial charge in [-0.15, -0.1) is 0 Å². The predicted octanol–water partition coefficient (Wildman–Crippen LogP) is 3.49. The third-order valence-corrected chi connectivity index (χ3v) is 6.01. The summed E-state index contributed by atoms with van der Waals surface area (Å²) in [4.78, 5) is 24.7. The van der Waals surface area contributed by atoms with Crippen molar-refractivity contribution >= 4 is 28.8 Å². The third kappa shape index (κ3) is 4.49. The standard InChI is InChI=1S/C21H16F6N4O2S/c22-20(23,24)13-3-1-2-12(6-13)19(21(25,26)27)7-15(29-10-19)14-5-4-11(8-28-14)18(34)30-16-9-33-31-17(16)32/h1-6,8,16H,7,9-10H2,(H,30,34)(H,31,32). The molecule has 6 nitrogen and oxygen atoms in total. The van der Waals surface area contributed by atoms with Crippen molar-refractivity contribution in [1.82, 2.24) is 15.8 Å². The number of hydrogen-bond donors (Lipinski definition) is 2. The fourth-order valence-electron chi connectivity index (χ4n) is 3.73. The summed E-state index contributed by atoms with van der Waals surface area (Å²) in [6.45, 7) is -0.691. The number of hydrogen-bond acceptors (Lipinski definition) is 5. The summed E-state index contributed by atoms with van der Waals surface area (Å²) in [5, 5.41) is 2.79. The zero-order valence-corrected chi connectivity index (χ0v) is 17.9. The van der Waals surface area contributed by atoms with Crippen LogP contribution in [0.1, 0.15) is 28.8 Å². The smallest absolute Gasteiger partial charge is 0.362 e. The van der Waals surface area contributed by atoms with Crippen molar-refractivity contribution in [1.29, 1.82) is 0 Å². The summed E-state index contributed by atoms with van der Waals surface area (Å²) >= 11 is 5.22. The SMILES string of the molecule is O=C1NOCC1NC(=S)c1ccc(C2=NCC(c3cccc(C(F)(F)F)c3)(C(F)(F)F)C2)nc1. The molecule has 13 heteroatoms. The van der Waals surface area contributed by atoms with E-state index < -0.39 is 53.8 Å². The summed E-state index contributed by atoms with van der Waals surface area (Å²) in [7, 11) is 0. The number of carbonyl (C=O) groups excluding carboxylic acids is 1. The largest absolute Gasteiger partial charge is 0.416 e. The second-order valence-electron chi connectivity index (χ2n) is 7.83. The monoisotopic (exact) mass is 502 g/mol. The number of nitrogens with zero attached hydrogens (tertiary/aromatic N) is 2. The van der Waals surface area contributed by atoms with Crippen molar-refractivity contribution < 1.29 is 36.0 Å². The number of aromatic nitrogens is 1. The number of amides is 1. The van der Waals surface area contributed by atoms with Gasteiger partial charge in [0, 0.05) is 18.2 Å². The third-order valence-electron chi connectivity index (χ3n) is 5.66. The maximum absolute atomic E-state index is 14.2. The Morgan fingerprint density at radius 3 is 2.53 bits per heavy atom. The van der Waals surface area contributed by atoms with Crippen LogP contribution >= 0.6 is 12.2 Å². The molecule has 1 aromatic heterocycles. The first-order chi connectivity index (χ1) is 15.9. The molecule has 34 heavy (non-hydrogen) atoms. The zero-order chi connectivity index (χ0) is 24.7. The molecule has 0 saturated carbocycles.